The SMILES string of the molecule is COCCNC(=O)c1ccc(C2CCNCC2)c(F)c1.Cl. The molecule has 1 aliphatic heterocycles. The van der Waals surface area contributed by atoms with Crippen molar-refractivity contribution in [1.82, 2.24) is 10.6 Å². The highest BCUT2D eigenvalue weighted by atomic mass is 35.5. The number of methoxy groups -OCH3 is 1. The van der Waals surface area contributed by atoms with Gasteiger partial charge in [-0.2, -0.15) is 0 Å². The second kappa shape index (κ2) is 8.97. The van der Waals surface area contributed by atoms with Gasteiger partial charge in [-0.25, -0.2) is 4.39 Å². The van der Waals surface area contributed by atoms with Crippen molar-refractivity contribution in [1.29, 1.82) is 0 Å². The summed E-state index contributed by atoms with van der Waals surface area (Å²) in [5.74, 6) is -0.295. The molecule has 0 radical (unpaired) electrons. The van der Waals surface area contributed by atoms with E-state index in [4.69, 9.17) is 4.74 Å². The van der Waals surface area contributed by atoms with Crippen LogP contribution in [0.15, 0.2) is 18.2 Å². The average Bonchev–Trinajstić information content (AvgIpc) is 2.48. The van der Waals surface area contributed by atoms with Crippen molar-refractivity contribution < 1.29 is 13.9 Å². The summed E-state index contributed by atoms with van der Waals surface area (Å²) in [6, 6.07) is 4.78. The fraction of sp³-hybridized carbons (Fsp3) is 0.533. The van der Waals surface area contributed by atoms with Crippen LogP contribution in [0.5, 0.6) is 0 Å². The molecule has 6 heteroatoms. The minimum atomic E-state index is -0.281. The van der Waals surface area contributed by atoms with Gasteiger partial charge in [0.15, 0.2) is 0 Å². The lowest BCUT2D eigenvalue weighted by Gasteiger charge is -2.23. The van der Waals surface area contributed by atoms with E-state index in [1.807, 2.05) is 0 Å². The lowest BCUT2D eigenvalue weighted by molar-refractivity contribution is 0.0936. The molecule has 1 saturated heterocycles. The summed E-state index contributed by atoms with van der Waals surface area (Å²) in [5.41, 5.74) is 1.08. The predicted molar refractivity (Wildman–Crippen MR) is 82.7 cm³/mol. The van der Waals surface area contributed by atoms with E-state index in [1.54, 1.807) is 19.2 Å². The van der Waals surface area contributed by atoms with Crippen LogP contribution in [0.4, 0.5) is 4.39 Å². The number of piperidine rings is 1. The third-order valence-corrected chi connectivity index (χ3v) is 3.63. The molecule has 2 N–H and O–H groups in total. The van der Waals surface area contributed by atoms with Gasteiger partial charge in [-0.15, -0.1) is 12.4 Å². The van der Waals surface area contributed by atoms with E-state index in [9.17, 15) is 9.18 Å². The molecule has 4 nitrogen and oxygen atoms in total. The fourth-order valence-electron chi connectivity index (χ4n) is 2.50. The van der Waals surface area contributed by atoms with E-state index in [1.165, 1.54) is 6.07 Å². The summed E-state index contributed by atoms with van der Waals surface area (Å²) in [5, 5.41) is 5.95. The van der Waals surface area contributed by atoms with Crippen LogP contribution < -0.4 is 10.6 Å². The van der Waals surface area contributed by atoms with Crippen molar-refractivity contribution in [2.45, 2.75) is 18.8 Å². The minimum absolute atomic E-state index is 0. The summed E-state index contributed by atoms with van der Waals surface area (Å²) in [6.45, 7) is 2.71. The van der Waals surface area contributed by atoms with E-state index in [-0.39, 0.29) is 30.0 Å². The normalized spacial score (nSPS) is 15.3. The zero-order chi connectivity index (χ0) is 14.4. The van der Waals surface area contributed by atoms with Gasteiger partial charge < -0.3 is 15.4 Å². The summed E-state index contributed by atoms with van der Waals surface area (Å²) in [4.78, 5) is 11.8. The lowest BCUT2D eigenvalue weighted by atomic mass is 9.89. The first-order chi connectivity index (χ1) is 9.72. The highest BCUT2D eigenvalue weighted by Crippen LogP contribution is 2.27. The highest BCUT2D eigenvalue weighted by Gasteiger charge is 2.19. The Morgan fingerprint density at radius 2 is 2.14 bits per heavy atom. The number of hydrogen-bond acceptors (Lipinski definition) is 3. The zero-order valence-corrected chi connectivity index (χ0v) is 13.0. The first-order valence-electron chi connectivity index (χ1n) is 6.99. The Labute approximate surface area is 130 Å². The molecule has 1 heterocycles. The maximum Gasteiger partial charge on any atom is 0.251 e. The summed E-state index contributed by atoms with van der Waals surface area (Å²) < 4.78 is 19.0. The number of carbonyl (C=O) groups excluding carboxylic acids is 1. The van der Waals surface area contributed by atoms with Crippen molar-refractivity contribution in [3.05, 3.63) is 35.1 Å². The van der Waals surface area contributed by atoms with Crippen LogP contribution in [0, 0.1) is 5.82 Å². The number of ether oxygens (including phenoxy) is 1. The molecular formula is C15H22ClFN2O2. The first-order valence-corrected chi connectivity index (χ1v) is 6.99. The number of carbonyl (C=O) groups is 1. The maximum atomic E-state index is 14.2. The molecule has 0 atom stereocenters. The number of hydrogen-bond donors (Lipinski definition) is 2. The summed E-state index contributed by atoms with van der Waals surface area (Å²) >= 11 is 0. The van der Waals surface area contributed by atoms with Crippen molar-refractivity contribution in [2.75, 3.05) is 33.4 Å². The third-order valence-electron chi connectivity index (χ3n) is 3.63. The largest absolute Gasteiger partial charge is 0.383 e. The third kappa shape index (κ3) is 4.95. The van der Waals surface area contributed by atoms with Crippen LogP contribution in [-0.2, 0) is 4.74 Å². The second-order valence-corrected chi connectivity index (χ2v) is 5.01. The number of halogens is 2. The zero-order valence-electron chi connectivity index (χ0n) is 12.2. The van der Waals surface area contributed by atoms with Crippen LogP contribution >= 0.6 is 12.4 Å². The van der Waals surface area contributed by atoms with Crippen LogP contribution in [0.25, 0.3) is 0 Å². The molecule has 1 aromatic carbocycles. The molecule has 1 fully saturated rings. The molecule has 0 aromatic heterocycles. The van der Waals surface area contributed by atoms with E-state index >= 15 is 0 Å². The van der Waals surface area contributed by atoms with Gasteiger partial charge in [-0.1, -0.05) is 6.07 Å². The molecule has 0 unspecified atom stereocenters. The van der Waals surface area contributed by atoms with Gasteiger partial charge >= 0.3 is 0 Å². The molecule has 0 bridgehead atoms. The second-order valence-electron chi connectivity index (χ2n) is 5.01. The number of amides is 1. The van der Waals surface area contributed by atoms with Gasteiger partial charge in [0.2, 0.25) is 0 Å². The van der Waals surface area contributed by atoms with E-state index < -0.39 is 0 Å². The van der Waals surface area contributed by atoms with Crippen LogP contribution in [0.3, 0.4) is 0 Å². The monoisotopic (exact) mass is 316 g/mol. The van der Waals surface area contributed by atoms with E-state index in [0.29, 0.717) is 18.7 Å². The topological polar surface area (TPSA) is 50.4 Å². The fourth-order valence-corrected chi connectivity index (χ4v) is 2.50. The summed E-state index contributed by atoms with van der Waals surface area (Å²) in [6.07, 6.45) is 1.88. The first kappa shape index (κ1) is 17.9. The maximum absolute atomic E-state index is 14.2. The Morgan fingerprint density at radius 3 is 2.76 bits per heavy atom. The average molecular weight is 317 g/mol. The van der Waals surface area contributed by atoms with Crippen LogP contribution in [-0.4, -0.2) is 39.3 Å². The molecule has 1 aromatic rings. The Morgan fingerprint density at radius 1 is 1.43 bits per heavy atom. The van der Waals surface area contributed by atoms with Crippen molar-refractivity contribution in [2.24, 2.45) is 0 Å². The molecule has 21 heavy (non-hydrogen) atoms. The van der Waals surface area contributed by atoms with Gasteiger partial charge in [0.1, 0.15) is 5.82 Å². The molecule has 0 aliphatic carbocycles. The van der Waals surface area contributed by atoms with Crippen molar-refractivity contribution in [3.8, 4) is 0 Å². The smallest absolute Gasteiger partial charge is 0.251 e. The van der Waals surface area contributed by atoms with Gasteiger partial charge in [0, 0.05) is 19.2 Å². The van der Waals surface area contributed by atoms with Gasteiger partial charge in [-0.05, 0) is 49.5 Å². The molecule has 2 rings (SSSR count). The molecule has 0 spiro atoms. The molecular weight excluding hydrogens is 295 g/mol. The predicted octanol–water partition coefficient (Wildman–Crippen LogP) is 2.09. The molecule has 1 aliphatic rings. The van der Waals surface area contributed by atoms with Crippen molar-refractivity contribution >= 4 is 18.3 Å². The minimum Gasteiger partial charge on any atom is -0.383 e. The Kier molecular flexibility index (Phi) is 7.64. The molecule has 118 valence electrons. The van der Waals surface area contributed by atoms with Crippen molar-refractivity contribution in [3.63, 3.8) is 0 Å². The Balaban J connectivity index is 0.00000220. The Hall–Kier alpha value is -1.17. The molecule has 1 amide bonds. The van der Waals surface area contributed by atoms with Gasteiger partial charge in [-0.3, -0.25) is 4.79 Å². The number of benzene rings is 1. The van der Waals surface area contributed by atoms with E-state index in [2.05, 4.69) is 10.6 Å². The van der Waals surface area contributed by atoms with Crippen LogP contribution in [0.2, 0.25) is 0 Å². The van der Waals surface area contributed by atoms with Gasteiger partial charge in [0.25, 0.3) is 5.91 Å². The molecule has 0 saturated carbocycles. The summed E-state index contributed by atoms with van der Waals surface area (Å²) in [7, 11) is 1.57. The van der Waals surface area contributed by atoms with Crippen LogP contribution in [0.1, 0.15) is 34.7 Å². The number of rotatable bonds is 5. The lowest BCUT2D eigenvalue weighted by Crippen LogP contribution is -2.28. The van der Waals surface area contributed by atoms with Gasteiger partial charge in [0.05, 0.1) is 6.61 Å². The Bertz CT molecular complexity index is 465. The highest BCUT2D eigenvalue weighted by molar-refractivity contribution is 5.94. The number of nitrogens with one attached hydrogen (secondary N) is 2. The standard InChI is InChI=1S/C15H21FN2O2.ClH/c1-20-9-8-18-15(19)12-2-3-13(14(16)10-12)11-4-6-17-7-5-11;/h2-3,10-11,17H,4-9H2,1H3,(H,18,19);1H. The van der Waals surface area contributed by atoms with E-state index in [0.717, 1.165) is 31.5 Å². The quantitative estimate of drug-likeness (QED) is 0.818.